The third-order valence-electron chi connectivity index (χ3n) is 2.77. The average Bonchev–Trinajstić information content (AvgIpc) is 2.38. The maximum Gasteiger partial charge on any atom is 0.209 e. The zero-order chi connectivity index (χ0) is 13.2. The number of rotatable bonds is 2. The highest BCUT2D eigenvalue weighted by atomic mass is 32.2. The van der Waals surface area contributed by atoms with Crippen LogP contribution in [0.15, 0.2) is 35.6 Å². The first-order chi connectivity index (χ1) is 8.50. The van der Waals surface area contributed by atoms with E-state index < -0.39 is 0 Å². The van der Waals surface area contributed by atoms with Gasteiger partial charge in [-0.1, -0.05) is 56.8 Å². The molecule has 2 aromatic rings. The van der Waals surface area contributed by atoms with Crippen molar-refractivity contribution in [2.24, 2.45) is 0 Å². The molecular formula is C14H17N3S. The Morgan fingerprint density at radius 1 is 1.06 bits per heavy atom. The van der Waals surface area contributed by atoms with Crippen molar-refractivity contribution >= 4 is 11.8 Å². The first kappa shape index (κ1) is 13.0. The van der Waals surface area contributed by atoms with Crippen LogP contribution in [0.25, 0.3) is 11.3 Å². The summed E-state index contributed by atoms with van der Waals surface area (Å²) in [5.41, 5.74) is 3.44. The molecule has 0 aliphatic heterocycles. The second-order valence-corrected chi connectivity index (χ2v) is 5.93. The fraction of sp³-hybridized carbons (Fsp3) is 0.357. The van der Waals surface area contributed by atoms with Crippen molar-refractivity contribution in [2.45, 2.75) is 31.3 Å². The van der Waals surface area contributed by atoms with Gasteiger partial charge in [-0.25, -0.2) is 4.98 Å². The molecule has 0 unspecified atom stereocenters. The Kier molecular flexibility index (Phi) is 3.66. The summed E-state index contributed by atoms with van der Waals surface area (Å²) >= 11 is 1.50. The molecule has 18 heavy (non-hydrogen) atoms. The van der Waals surface area contributed by atoms with Gasteiger partial charge in [0.1, 0.15) is 0 Å². The maximum atomic E-state index is 4.44. The molecular weight excluding hydrogens is 242 g/mol. The van der Waals surface area contributed by atoms with Crippen molar-refractivity contribution in [3.05, 3.63) is 36.0 Å². The van der Waals surface area contributed by atoms with Gasteiger partial charge in [-0.2, -0.15) is 5.10 Å². The molecule has 0 bridgehead atoms. The van der Waals surface area contributed by atoms with E-state index >= 15 is 0 Å². The SMILES string of the molecule is CSc1nncc(-c2ccc(C(C)(C)C)cc2)n1. The van der Waals surface area contributed by atoms with E-state index in [9.17, 15) is 0 Å². The fourth-order valence-electron chi connectivity index (χ4n) is 1.65. The summed E-state index contributed by atoms with van der Waals surface area (Å²) in [5, 5.41) is 8.61. The van der Waals surface area contributed by atoms with Crippen LogP contribution in [0.2, 0.25) is 0 Å². The van der Waals surface area contributed by atoms with Gasteiger partial charge in [-0.15, -0.1) is 5.10 Å². The van der Waals surface area contributed by atoms with Gasteiger partial charge in [0.15, 0.2) is 0 Å². The molecule has 0 saturated heterocycles. The van der Waals surface area contributed by atoms with E-state index in [-0.39, 0.29) is 5.41 Å². The third-order valence-corrected chi connectivity index (χ3v) is 3.31. The lowest BCUT2D eigenvalue weighted by Gasteiger charge is -2.19. The highest BCUT2D eigenvalue weighted by molar-refractivity contribution is 7.98. The Labute approximate surface area is 112 Å². The van der Waals surface area contributed by atoms with Crippen LogP contribution in [-0.2, 0) is 5.41 Å². The molecule has 0 atom stereocenters. The summed E-state index contributed by atoms with van der Waals surface area (Å²) in [6.45, 7) is 6.63. The normalized spacial score (nSPS) is 11.6. The molecule has 4 heteroatoms. The molecule has 1 aromatic carbocycles. The zero-order valence-electron chi connectivity index (χ0n) is 11.1. The van der Waals surface area contributed by atoms with Gasteiger partial charge in [0.25, 0.3) is 0 Å². The van der Waals surface area contributed by atoms with E-state index in [2.05, 4.69) is 60.2 Å². The van der Waals surface area contributed by atoms with Gasteiger partial charge in [0.2, 0.25) is 5.16 Å². The summed E-state index contributed by atoms with van der Waals surface area (Å²) in [6, 6.07) is 8.48. The van der Waals surface area contributed by atoms with Crippen molar-refractivity contribution in [3.8, 4) is 11.3 Å². The van der Waals surface area contributed by atoms with Gasteiger partial charge < -0.3 is 0 Å². The van der Waals surface area contributed by atoms with Crippen LogP contribution < -0.4 is 0 Å². The number of hydrogen-bond donors (Lipinski definition) is 0. The van der Waals surface area contributed by atoms with E-state index in [0.29, 0.717) is 5.16 Å². The summed E-state index contributed by atoms with van der Waals surface area (Å²) in [4.78, 5) is 4.44. The predicted molar refractivity (Wildman–Crippen MR) is 75.7 cm³/mol. The van der Waals surface area contributed by atoms with Crippen LogP contribution in [0, 0.1) is 0 Å². The average molecular weight is 259 g/mol. The van der Waals surface area contributed by atoms with Gasteiger partial charge in [0.05, 0.1) is 11.9 Å². The quantitative estimate of drug-likeness (QED) is 0.773. The Balaban J connectivity index is 2.34. The largest absolute Gasteiger partial charge is 0.219 e. The molecule has 3 nitrogen and oxygen atoms in total. The molecule has 0 fully saturated rings. The maximum absolute atomic E-state index is 4.44. The van der Waals surface area contributed by atoms with Crippen molar-refractivity contribution in [2.75, 3.05) is 6.26 Å². The second kappa shape index (κ2) is 5.06. The topological polar surface area (TPSA) is 38.7 Å². The van der Waals surface area contributed by atoms with E-state index in [4.69, 9.17) is 0 Å². The molecule has 0 N–H and O–H groups in total. The van der Waals surface area contributed by atoms with Crippen LogP contribution in [0.4, 0.5) is 0 Å². The van der Waals surface area contributed by atoms with Crippen LogP contribution in [-0.4, -0.2) is 21.4 Å². The van der Waals surface area contributed by atoms with Gasteiger partial charge in [0, 0.05) is 5.56 Å². The lowest BCUT2D eigenvalue weighted by Crippen LogP contribution is -2.10. The molecule has 0 aliphatic carbocycles. The number of aromatic nitrogens is 3. The number of nitrogens with zero attached hydrogens (tertiary/aromatic N) is 3. The Hall–Kier alpha value is -1.42. The summed E-state index contributed by atoms with van der Waals surface area (Å²) in [7, 11) is 0. The number of thioether (sulfide) groups is 1. The summed E-state index contributed by atoms with van der Waals surface area (Å²) in [6.07, 6.45) is 3.65. The Morgan fingerprint density at radius 3 is 2.28 bits per heavy atom. The van der Waals surface area contributed by atoms with Crippen molar-refractivity contribution < 1.29 is 0 Å². The first-order valence-corrected chi connectivity index (χ1v) is 7.08. The Bertz CT molecular complexity index is 529. The standard InChI is InChI=1S/C14H17N3S/c1-14(2,3)11-7-5-10(6-8-11)12-9-15-17-13(16-12)18-4/h5-9H,1-4H3. The Morgan fingerprint density at radius 2 is 1.72 bits per heavy atom. The lowest BCUT2D eigenvalue weighted by molar-refractivity contribution is 0.590. The monoisotopic (exact) mass is 259 g/mol. The fourth-order valence-corrected chi connectivity index (χ4v) is 1.97. The molecule has 0 radical (unpaired) electrons. The van der Waals surface area contributed by atoms with Gasteiger partial charge >= 0.3 is 0 Å². The van der Waals surface area contributed by atoms with E-state index in [1.165, 1.54) is 17.3 Å². The van der Waals surface area contributed by atoms with E-state index in [0.717, 1.165) is 11.3 Å². The molecule has 0 saturated carbocycles. The molecule has 1 heterocycles. The van der Waals surface area contributed by atoms with Crippen LogP contribution in [0.1, 0.15) is 26.3 Å². The van der Waals surface area contributed by atoms with Gasteiger partial charge in [-0.3, -0.25) is 0 Å². The molecule has 2 rings (SSSR count). The minimum atomic E-state index is 0.173. The third kappa shape index (κ3) is 2.88. The highest BCUT2D eigenvalue weighted by Crippen LogP contribution is 2.25. The summed E-state index contributed by atoms with van der Waals surface area (Å²) in [5.74, 6) is 0. The van der Waals surface area contributed by atoms with Crippen molar-refractivity contribution in [3.63, 3.8) is 0 Å². The molecule has 94 valence electrons. The van der Waals surface area contributed by atoms with Crippen molar-refractivity contribution in [1.82, 2.24) is 15.2 Å². The van der Waals surface area contributed by atoms with E-state index in [1.807, 2.05) is 6.26 Å². The number of hydrogen-bond acceptors (Lipinski definition) is 4. The number of benzene rings is 1. The minimum absolute atomic E-state index is 0.173. The lowest BCUT2D eigenvalue weighted by atomic mass is 9.86. The molecule has 1 aromatic heterocycles. The van der Waals surface area contributed by atoms with Crippen LogP contribution >= 0.6 is 11.8 Å². The molecule has 0 spiro atoms. The highest BCUT2D eigenvalue weighted by Gasteiger charge is 2.13. The smallest absolute Gasteiger partial charge is 0.209 e. The van der Waals surface area contributed by atoms with E-state index in [1.54, 1.807) is 6.20 Å². The summed E-state index contributed by atoms with van der Waals surface area (Å²) < 4.78 is 0. The van der Waals surface area contributed by atoms with Gasteiger partial charge in [-0.05, 0) is 17.2 Å². The second-order valence-electron chi connectivity index (χ2n) is 5.16. The molecule has 0 aliphatic rings. The zero-order valence-corrected chi connectivity index (χ0v) is 12.0. The van der Waals surface area contributed by atoms with Crippen LogP contribution in [0.5, 0.6) is 0 Å². The van der Waals surface area contributed by atoms with Crippen LogP contribution in [0.3, 0.4) is 0 Å². The van der Waals surface area contributed by atoms with Crippen molar-refractivity contribution in [1.29, 1.82) is 0 Å². The molecule has 0 amide bonds. The minimum Gasteiger partial charge on any atom is -0.219 e. The first-order valence-electron chi connectivity index (χ1n) is 5.85. The predicted octanol–water partition coefficient (Wildman–Crippen LogP) is 3.56.